The standard InChI is InChI=1S/C35H39ClF2N2O4/c1-33-17-30(42)35(38)27(16-29(37)28-15-25(41)12-13-34(28,35)2)26(33)14-23(20-40(44)19-22-8-10-24(36)11-9-22)31(33)32(43)39-18-21-6-4-3-5-7-21/h3-13,15,23,26-27,29-31,42,44H,14,16-20H2,1-2H3,(H,39,43)/t23-,26-,27-,29-,30-,31+,33-,34-,35-/m0/s1. The third kappa shape index (κ3) is 5.04. The predicted molar refractivity (Wildman–Crippen MR) is 163 cm³/mol. The first-order valence-corrected chi connectivity index (χ1v) is 15.7. The van der Waals surface area contributed by atoms with Crippen LogP contribution in [0.2, 0.25) is 5.02 Å². The zero-order chi connectivity index (χ0) is 31.4. The van der Waals surface area contributed by atoms with Gasteiger partial charge in [0.05, 0.1) is 6.10 Å². The third-order valence-electron chi connectivity index (χ3n) is 11.1. The van der Waals surface area contributed by atoms with E-state index in [2.05, 4.69) is 5.32 Å². The van der Waals surface area contributed by atoms with E-state index in [1.54, 1.807) is 19.1 Å². The van der Waals surface area contributed by atoms with Gasteiger partial charge < -0.3 is 15.6 Å². The maximum Gasteiger partial charge on any atom is 0.224 e. The van der Waals surface area contributed by atoms with E-state index in [0.717, 1.165) is 11.1 Å². The number of hydroxylamine groups is 2. The quantitative estimate of drug-likeness (QED) is 0.329. The van der Waals surface area contributed by atoms with E-state index in [4.69, 9.17) is 11.6 Å². The van der Waals surface area contributed by atoms with Crippen LogP contribution in [0.3, 0.4) is 0 Å². The van der Waals surface area contributed by atoms with Crippen LogP contribution < -0.4 is 5.32 Å². The van der Waals surface area contributed by atoms with E-state index < -0.39 is 52.3 Å². The number of amides is 1. The Hall–Kier alpha value is -2.91. The second-order valence-corrected chi connectivity index (χ2v) is 14.0. The highest BCUT2D eigenvalue weighted by Crippen LogP contribution is 2.70. The smallest absolute Gasteiger partial charge is 0.224 e. The summed E-state index contributed by atoms with van der Waals surface area (Å²) in [5.41, 5.74) is -2.76. The number of nitrogens with zero attached hydrogens (tertiary/aromatic N) is 1. The van der Waals surface area contributed by atoms with E-state index in [9.17, 15) is 19.9 Å². The molecule has 4 aliphatic carbocycles. The number of carbonyl (C=O) groups is 2. The maximum atomic E-state index is 17.7. The van der Waals surface area contributed by atoms with Crippen molar-refractivity contribution >= 4 is 23.3 Å². The molecule has 0 radical (unpaired) electrons. The lowest BCUT2D eigenvalue weighted by Crippen LogP contribution is -2.68. The molecule has 1 amide bonds. The molecular formula is C35H39ClF2N2O4. The van der Waals surface area contributed by atoms with E-state index in [1.807, 2.05) is 49.4 Å². The Morgan fingerprint density at radius 3 is 2.48 bits per heavy atom. The van der Waals surface area contributed by atoms with Gasteiger partial charge in [0.1, 0.15) is 6.17 Å². The highest BCUT2D eigenvalue weighted by molar-refractivity contribution is 6.30. The van der Waals surface area contributed by atoms with Crippen molar-refractivity contribution in [3.63, 3.8) is 0 Å². The molecule has 0 aromatic heterocycles. The van der Waals surface area contributed by atoms with Gasteiger partial charge >= 0.3 is 0 Å². The van der Waals surface area contributed by atoms with E-state index in [0.29, 0.717) is 18.0 Å². The van der Waals surface area contributed by atoms with Gasteiger partial charge in [-0.1, -0.05) is 67.1 Å². The number of halogens is 3. The molecule has 2 aromatic carbocycles. The number of fused-ring (bicyclic) bond motifs is 5. The number of rotatable bonds is 7. The highest BCUT2D eigenvalue weighted by Gasteiger charge is 2.73. The molecular weight excluding hydrogens is 586 g/mol. The number of alkyl halides is 2. The van der Waals surface area contributed by atoms with Gasteiger partial charge in [0.15, 0.2) is 11.5 Å². The molecule has 0 bridgehead atoms. The highest BCUT2D eigenvalue weighted by atomic mass is 35.5. The van der Waals surface area contributed by atoms with Gasteiger partial charge in [0.25, 0.3) is 0 Å². The fourth-order valence-electron chi connectivity index (χ4n) is 9.11. The molecule has 6 rings (SSSR count). The number of aliphatic hydroxyl groups excluding tert-OH is 1. The van der Waals surface area contributed by atoms with Crippen molar-refractivity contribution in [3.05, 3.63) is 94.5 Å². The molecule has 9 heteroatoms. The SMILES string of the molecule is C[C@]12C[C@H](O)[C@@]3(F)[C@@H](C[C@H](F)C4=CC(=O)C=C[C@@]43C)[C@@H]1C[C@@H](CN(O)Cc1ccc(Cl)cc1)[C@@H]2C(=O)NCc1ccccc1. The Bertz CT molecular complexity index is 1490. The van der Waals surface area contributed by atoms with Crippen LogP contribution in [0.5, 0.6) is 0 Å². The average molecular weight is 625 g/mol. The van der Waals surface area contributed by atoms with Crippen molar-refractivity contribution in [2.75, 3.05) is 6.54 Å². The summed E-state index contributed by atoms with van der Waals surface area (Å²) in [6.07, 6.45) is 1.01. The van der Waals surface area contributed by atoms with E-state index in [1.165, 1.54) is 23.3 Å². The van der Waals surface area contributed by atoms with Crippen LogP contribution in [-0.4, -0.2) is 51.6 Å². The van der Waals surface area contributed by atoms with Crippen molar-refractivity contribution < 1.29 is 28.7 Å². The van der Waals surface area contributed by atoms with Gasteiger partial charge in [-0.3, -0.25) is 9.59 Å². The molecule has 6 nitrogen and oxygen atoms in total. The van der Waals surface area contributed by atoms with Crippen LogP contribution in [0.4, 0.5) is 8.78 Å². The molecule has 4 aliphatic rings. The molecule has 0 unspecified atom stereocenters. The fraction of sp³-hybridized carbons (Fsp3) is 0.486. The number of carbonyl (C=O) groups excluding carboxylic acids is 2. The monoisotopic (exact) mass is 624 g/mol. The molecule has 234 valence electrons. The van der Waals surface area contributed by atoms with Crippen LogP contribution in [0.1, 0.15) is 44.2 Å². The number of nitrogens with one attached hydrogen (secondary N) is 1. The lowest BCUT2D eigenvalue weighted by molar-refractivity contribution is -0.202. The van der Waals surface area contributed by atoms with Crippen molar-refractivity contribution in [1.29, 1.82) is 0 Å². The minimum atomic E-state index is -2.23. The first kappa shape index (κ1) is 31.1. The molecule has 3 N–H and O–H groups in total. The van der Waals surface area contributed by atoms with Gasteiger partial charge in [-0.05, 0) is 84.4 Å². The summed E-state index contributed by atoms with van der Waals surface area (Å²) in [7, 11) is 0. The van der Waals surface area contributed by atoms with Gasteiger partial charge in [-0.25, -0.2) is 8.78 Å². The van der Waals surface area contributed by atoms with Gasteiger partial charge in [0.2, 0.25) is 5.91 Å². The Morgan fingerprint density at radius 1 is 1.07 bits per heavy atom. The molecule has 0 saturated heterocycles. The average Bonchev–Trinajstić information content (AvgIpc) is 3.27. The number of ketones is 1. The van der Waals surface area contributed by atoms with Crippen LogP contribution >= 0.6 is 11.6 Å². The van der Waals surface area contributed by atoms with Crippen LogP contribution in [-0.2, 0) is 22.7 Å². The van der Waals surface area contributed by atoms with Crippen molar-refractivity contribution in [2.45, 2.75) is 64.1 Å². The lowest BCUT2D eigenvalue weighted by atomic mass is 9.45. The van der Waals surface area contributed by atoms with E-state index in [-0.39, 0.29) is 43.3 Å². The Kier molecular flexibility index (Phi) is 8.10. The molecule has 3 saturated carbocycles. The molecule has 9 atom stereocenters. The summed E-state index contributed by atoms with van der Waals surface area (Å²) in [6.45, 7) is 4.12. The first-order chi connectivity index (χ1) is 20.9. The van der Waals surface area contributed by atoms with E-state index >= 15 is 8.78 Å². The predicted octanol–water partition coefficient (Wildman–Crippen LogP) is 6.01. The molecule has 3 fully saturated rings. The number of hydrogen-bond acceptors (Lipinski definition) is 5. The minimum Gasteiger partial charge on any atom is -0.390 e. The summed E-state index contributed by atoms with van der Waals surface area (Å²) in [5.74, 6) is -3.02. The first-order valence-electron chi connectivity index (χ1n) is 15.3. The summed E-state index contributed by atoms with van der Waals surface area (Å²) in [6, 6.07) is 16.6. The zero-order valence-corrected chi connectivity index (χ0v) is 25.7. The lowest BCUT2D eigenvalue weighted by Gasteiger charge is -2.62. The Labute approximate surface area is 261 Å². The van der Waals surface area contributed by atoms with Gasteiger partial charge in [0, 0.05) is 41.9 Å². The molecule has 44 heavy (non-hydrogen) atoms. The number of benzene rings is 2. The fourth-order valence-corrected chi connectivity index (χ4v) is 9.24. The number of hydrogen-bond donors (Lipinski definition) is 3. The summed E-state index contributed by atoms with van der Waals surface area (Å²) >= 11 is 6.03. The van der Waals surface area contributed by atoms with Crippen molar-refractivity contribution in [3.8, 4) is 0 Å². The summed E-state index contributed by atoms with van der Waals surface area (Å²) in [4.78, 5) is 26.2. The second kappa shape index (κ2) is 11.5. The Balaban J connectivity index is 1.33. The topological polar surface area (TPSA) is 89.9 Å². The molecule has 2 aromatic rings. The summed E-state index contributed by atoms with van der Waals surface area (Å²) < 4.78 is 33.5. The molecule has 0 aliphatic heterocycles. The van der Waals surface area contributed by atoms with Crippen LogP contribution in [0.15, 0.2) is 78.4 Å². The third-order valence-corrected chi connectivity index (χ3v) is 11.4. The van der Waals surface area contributed by atoms with Crippen LogP contribution in [0, 0.1) is 34.5 Å². The van der Waals surface area contributed by atoms with Gasteiger partial charge in [-0.2, -0.15) is 5.06 Å². The maximum absolute atomic E-state index is 17.7. The second-order valence-electron chi connectivity index (χ2n) is 13.6. The summed E-state index contributed by atoms with van der Waals surface area (Å²) in [5, 5.41) is 27.6. The van der Waals surface area contributed by atoms with Crippen molar-refractivity contribution in [1.82, 2.24) is 10.4 Å². The Morgan fingerprint density at radius 2 is 1.77 bits per heavy atom. The number of allylic oxidation sites excluding steroid dienone is 4. The number of aliphatic hydroxyl groups is 1. The molecule has 0 spiro atoms. The van der Waals surface area contributed by atoms with Crippen molar-refractivity contribution in [2.24, 2.45) is 34.5 Å². The van der Waals surface area contributed by atoms with Gasteiger partial charge in [-0.15, -0.1) is 0 Å². The normalized spacial score (nSPS) is 37.6. The molecule has 0 heterocycles. The minimum absolute atomic E-state index is 0.00515. The van der Waals surface area contributed by atoms with Crippen LogP contribution in [0.25, 0.3) is 0 Å². The zero-order valence-electron chi connectivity index (χ0n) is 24.9. The largest absolute Gasteiger partial charge is 0.390 e.